The number of rotatable bonds is 3. The van der Waals surface area contributed by atoms with Crippen LogP contribution >= 0.6 is 0 Å². The third kappa shape index (κ3) is 3.32. The summed E-state index contributed by atoms with van der Waals surface area (Å²) in [5, 5.41) is 9.24. The van der Waals surface area contributed by atoms with Crippen molar-refractivity contribution in [2.45, 2.75) is 46.8 Å². The molecular weight excluding hydrogens is 442 g/mol. The second-order valence-corrected chi connectivity index (χ2v) is 16.8. The molecule has 4 aromatic carbocycles. The van der Waals surface area contributed by atoms with Crippen LogP contribution in [0.25, 0.3) is 43.6 Å². The molecule has 0 saturated carbocycles. The smallest absolute Gasteiger partial charge is 0.228 e. The molecule has 1 aliphatic heterocycles. The number of pyridine rings is 1. The topological polar surface area (TPSA) is 13.1 Å². The highest BCUT2D eigenvalue weighted by Gasteiger charge is 2.33. The summed E-state index contributed by atoms with van der Waals surface area (Å²) in [4.78, 5) is 0. The van der Waals surface area contributed by atoms with Crippen LogP contribution in [0.2, 0.25) is 19.6 Å². The summed E-state index contributed by atoms with van der Waals surface area (Å²) in [6.45, 7) is 14.1. The molecule has 0 atom stereocenters. The Balaban J connectivity index is 1.78. The third-order valence-electron chi connectivity index (χ3n) is 7.66. The van der Waals surface area contributed by atoms with Crippen LogP contribution in [0.3, 0.4) is 0 Å². The highest BCUT2D eigenvalue weighted by molar-refractivity contribution is 6.88. The number of aromatic nitrogens is 1. The fraction of sp³-hybridized carbons (Fsp3) is 0.281. The van der Waals surface area contributed by atoms with Gasteiger partial charge in [0.25, 0.3) is 0 Å². The van der Waals surface area contributed by atoms with Crippen molar-refractivity contribution >= 4 is 45.6 Å². The van der Waals surface area contributed by atoms with E-state index in [2.05, 4.69) is 113 Å². The van der Waals surface area contributed by atoms with E-state index in [0.717, 1.165) is 17.9 Å². The molecule has 1 aromatic heterocycles. The zero-order chi connectivity index (χ0) is 24.6. The van der Waals surface area contributed by atoms with Gasteiger partial charge in [-0.2, -0.15) is 0 Å². The van der Waals surface area contributed by atoms with E-state index in [0.29, 0.717) is 5.92 Å². The van der Waals surface area contributed by atoms with Crippen LogP contribution in [0.15, 0.2) is 60.8 Å². The van der Waals surface area contributed by atoms with Crippen molar-refractivity contribution in [2.24, 2.45) is 13.0 Å². The summed E-state index contributed by atoms with van der Waals surface area (Å²) in [5.41, 5.74) is 5.15. The fourth-order valence-electron chi connectivity index (χ4n) is 5.87. The van der Waals surface area contributed by atoms with Crippen molar-refractivity contribution in [3.05, 3.63) is 71.9 Å². The minimum Gasteiger partial charge on any atom is -0.455 e. The lowest BCUT2D eigenvalue weighted by molar-refractivity contribution is -0.659. The fourth-order valence-corrected chi connectivity index (χ4v) is 7.03. The molecule has 6 rings (SSSR count). The molecule has 0 fully saturated rings. The van der Waals surface area contributed by atoms with Crippen LogP contribution in [-0.2, 0) is 13.5 Å². The molecular formula is C32H34NOSi+. The van der Waals surface area contributed by atoms with Crippen molar-refractivity contribution in [2.75, 3.05) is 0 Å². The molecule has 0 spiro atoms. The van der Waals surface area contributed by atoms with E-state index in [9.17, 15) is 0 Å². The number of fused-ring (bicyclic) bond motifs is 5. The van der Waals surface area contributed by atoms with Gasteiger partial charge in [0, 0.05) is 17.0 Å². The lowest BCUT2D eigenvalue weighted by atomic mass is 9.85. The lowest BCUT2D eigenvalue weighted by Gasteiger charge is -2.26. The van der Waals surface area contributed by atoms with E-state index in [-0.39, 0.29) is 0 Å². The molecule has 0 saturated heterocycles. The minimum atomic E-state index is -1.43. The molecule has 1 aliphatic rings. The van der Waals surface area contributed by atoms with E-state index in [1.54, 1.807) is 0 Å². The van der Waals surface area contributed by atoms with Gasteiger partial charge in [0.05, 0.1) is 19.0 Å². The molecule has 0 radical (unpaired) electrons. The molecule has 0 N–H and O–H groups in total. The monoisotopic (exact) mass is 476 g/mol. The minimum absolute atomic E-state index is 0.538. The predicted octanol–water partition coefficient (Wildman–Crippen LogP) is 7.80. The van der Waals surface area contributed by atoms with Gasteiger partial charge in [-0.05, 0) is 52.4 Å². The number of hydrogen-bond donors (Lipinski definition) is 0. The number of aryl methyl sites for hydroxylation is 2. The van der Waals surface area contributed by atoms with Crippen molar-refractivity contribution in [3.63, 3.8) is 0 Å². The Morgan fingerprint density at radius 1 is 0.886 bits per heavy atom. The average Bonchev–Trinajstić information content (AvgIpc) is 2.81. The Labute approximate surface area is 209 Å². The van der Waals surface area contributed by atoms with Crippen molar-refractivity contribution in [1.82, 2.24) is 0 Å². The summed E-state index contributed by atoms with van der Waals surface area (Å²) in [6, 6.07) is 20.4. The first-order valence-corrected chi connectivity index (χ1v) is 16.3. The van der Waals surface area contributed by atoms with Crippen LogP contribution in [0, 0.1) is 12.8 Å². The highest BCUT2D eigenvalue weighted by atomic mass is 28.3. The lowest BCUT2D eigenvalue weighted by Crippen LogP contribution is -2.37. The Morgan fingerprint density at radius 2 is 1.63 bits per heavy atom. The second kappa shape index (κ2) is 7.66. The van der Waals surface area contributed by atoms with Crippen molar-refractivity contribution < 1.29 is 9.30 Å². The SMILES string of the molecule is Cc1c2c(c(CC(C)C)c3ccccc13)Oc1cc3ccc([Si](C)(C)C)cc3c3cc[n+](C)c-2c13. The molecule has 0 unspecified atom stereocenters. The van der Waals surface area contributed by atoms with E-state index >= 15 is 0 Å². The Bertz CT molecular complexity index is 1670. The Morgan fingerprint density at radius 3 is 2.34 bits per heavy atom. The van der Waals surface area contributed by atoms with Gasteiger partial charge < -0.3 is 4.74 Å². The quantitative estimate of drug-likeness (QED) is 0.144. The van der Waals surface area contributed by atoms with E-state index in [1.807, 2.05) is 0 Å². The van der Waals surface area contributed by atoms with Gasteiger partial charge in [-0.15, -0.1) is 0 Å². The first kappa shape index (κ1) is 22.3. The number of hydrogen-bond acceptors (Lipinski definition) is 1. The van der Waals surface area contributed by atoms with Gasteiger partial charge >= 0.3 is 0 Å². The van der Waals surface area contributed by atoms with Gasteiger partial charge in [-0.25, -0.2) is 4.57 Å². The van der Waals surface area contributed by atoms with E-state index in [1.165, 1.54) is 59.9 Å². The maximum Gasteiger partial charge on any atom is 0.228 e. The van der Waals surface area contributed by atoms with Gasteiger partial charge in [0.15, 0.2) is 6.20 Å². The summed E-state index contributed by atoms with van der Waals surface area (Å²) >= 11 is 0. The molecule has 0 bridgehead atoms. The van der Waals surface area contributed by atoms with Crippen LogP contribution < -0.4 is 14.5 Å². The van der Waals surface area contributed by atoms with Gasteiger partial charge in [0.1, 0.15) is 18.5 Å². The number of nitrogens with zero attached hydrogens (tertiary/aromatic N) is 1. The van der Waals surface area contributed by atoms with Gasteiger partial charge in [-0.3, -0.25) is 0 Å². The van der Waals surface area contributed by atoms with Crippen LogP contribution in [0.5, 0.6) is 11.5 Å². The van der Waals surface area contributed by atoms with E-state index in [4.69, 9.17) is 4.74 Å². The van der Waals surface area contributed by atoms with Crippen molar-refractivity contribution in [1.29, 1.82) is 0 Å². The Hall–Kier alpha value is -3.17. The molecule has 35 heavy (non-hydrogen) atoms. The first-order valence-electron chi connectivity index (χ1n) is 12.8. The maximum absolute atomic E-state index is 6.93. The number of ether oxygens (including phenoxy) is 1. The molecule has 3 heteroatoms. The molecule has 176 valence electrons. The standard InChI is InChI=1S/C32H34NOSi/c1-19(2)16-27-24-11-9-8-10-23(24)20(3)29-31-30-25(14-15-33(31)4)26-18-22(35(5,6)7)13-12-21(26)17-28(30)34-32(27)29/h8-15,17-19H,16H2,1-7H3/q+1. The van der Waals surface area contributed by atoms with Crippen molar-refractivity contribution in [3.8, 4) is 22.8 Å². The molecule has 5 aromatic rings. The average molecular weight is 477 g/mol. The van der Waals surface area contributed by atoms with Crippen LogP contribution in [0.4, 0.5) is 0 Å². The highest BCUT2D eigenvalue weighted by Crippen LogP contribution is 2.52. The Kier molecular flexibility index (Phi) is 4.88. The molecule has 0 amide bonds. The second-order valence-electron chi connectivity index (χ2n) is 11.7. The summed E-state index contributed by atoms with van der Waals surface area (Å²) in [7, 11) is 0.747. The zero-order valence-electron chi connectivity index (χ0n) is 21.9. The largest absolute Gasteiger partial charge is 0.455 e. The first-order chi connectivity index (χ1) is 16.6. The third-order valence-corrected chi connectivity index (χ3v) is 9.70. The molecule has 2 heterocycles. The number of benzene rings is 4. The summed E-state index contributed by atoms with van der Waals surface area (Å²) < 4.78 is 9.22. The maximum atomic E-state index is 6.93. The van der Waals surface area contributed by atoms with Gasteiger partial charge in [0.2, 0.25) is 5.69 Å². The van der Waals surface area contributed by atoms with Crippen LogP contribution in [0.1, 0.15) is 25.0 Å². The normalized spacial score (nSPS) is 13.0. The molecule has 2 nitrogen and oxygen atoms in total. The van der Waals surface area contributed by atoms with Gasteiger partial charge in [-0.1, -0.05) is 81.1 Å². The zero-order valence-corrected chi connectivity index (χ0v) is 22.9. The summed E-state index contributed by atoms with van der Waals surface area (Å²) in [5.74, 6) is 2.56. The molecule has 0 aliphatic carbocycles. The van der Waals surface area contributed by atoms with Crippen LogP contribution in [-0.4, -0.2) is 8.07 Å². The summed E-state index contributed by atoms with van der Waals surface area (Å²) in [6.07, 6.45) is 3.22. The predicted molar refractivity (Wildman–Crippen MR) is 152 cm³/mol. The van der Waals surface area contributed by atoms with E-state index < -0.39 is 8.07 Å².